The quantitative estimate of drug-likeness (QED) is 0.543. The molecule has 1 amide bonds. The molecule has 3 heteroatoms. The van der Waals surface area contributed by atoms with Gasteiger partial charge in [-0.05, 0) is 5.41 Å². The van der Waals surface area contributed by atoms with Gasteiger partial charge in [-0.15, -0.1) is 0 Å². The summed E-state index contributed by atoms with van der Waals surface area (Å²) in [6, 6.07) is 0. The van der Waals surface area contributed by atoms with Gasteiger partial charge in [0.25, 0.3) is 5.91 Å². The number of ketones is 1. The molecule has 0 spiro atoms. The van der Waals surface area contributed by atoms with Gasteiger partial charge in [0.2, 0.25) is 5.78 Å². The zero-order valence-electron chi connectivity index (χ0n) is 8.02. The number of carbonyl (C=O) groups is 2. The van der Waals surface area contributed by atoms with Crippen molar-refractivity contribution >= 4 is 11.7 Å². The van der Waals surface area contributed by atoms with Gasteiger partial charge in [-0.1, -0.05) is 27.7 Å². The molecule has 0 saturated carbocycles. The lowest BCUT2D eigenvalue weighted by atomic mass is 9.63. The molecule has 0 atom stereocenters. The van der Waals surface area contributed by atoms with E-state index in [1.807, 2.05) is 27.7 Å². The first-order chi connectivity index (χ1) is 5.29. The summed E-state index contributed by atoms with van der Waals surface area (Å²) >= 11 is 0. The average Bonchev–Trinajstić information content (AvgIpc) is 1.96. The molecule has 0 radical (unpaired) electrons. The molecule has 12 heavy (non-hydrogen) atoms. The maximum Gasteiger partial charge on any atom is 0.287 e. The average molecular weight is 169 g/mol. The Morgan fingerprint density at radius 2 is 1.67 bits per heavy atom. The van der Waals surface area contributed by atoms with E-state index in [4.69, 9.17) is 0 Å². The monoisotopic (exact) mass is 169 g/mol. The SMILES string of the molecule is CC1(C)CNC(=O)C(=O)C1(C)C. The standard InChI is InChI=1S/C9H15NO2/c1-8(2)5-10-7(12)6(11)9(8,3)4/h5H2,1-4H3,(H,10,12). The molecule has 0 unspecified atom stereocenters. The van der Waals surface area contributed by atoms with Gasteiger partial charge in [-0.2, -0.15) is 0 Å². The lowest BCUT2D eigenvalue weighted by Crippen LogP contribution is -2.57. The molecule has 1 aliphatic heterocycles. The van der Waals surface area contributed by atoms with Crippen molar-refractivity contribution in [2.45, 2.75) is 27.7 Å². The molecule has 1 N–H and O–H groups in total. The lowest BCUT2D eigenvalue weighted by molar-refractivity contribution is -0.151. The van der Waals surface area contributed by atoms with Crippen molar-refractivity contribution in [1.29, 1.82) is 0 Å². The van der Waals surface area contributed by atoms with Crippen molar-refractivity contribution < 1.29 is 9.59 Å². The molecule has 68 valence electrons. The van der Waals surface area contributed by atoms with E-state index >= 15 is 0 Å². The predicted molar refractivity (Wildman–Crippen MR) is 45.6 cm³/mol. The number of hydrogen-bond acceptors (Lipinski definition) is 2. The fraction of sp³-hybridized carbons (Fsp3) is 0.778. The van der Waals surface area contributed by atoms with Gasteiger partial charge in [0.15, 0.2) is 0 Å². The summed E-state index contributed by atoms with van der Waals surface area (Å²) in [5.41, 5.74) is -0.701. The zero-order chi connectivity index (χ0) is 9.57. The van der Waals surface area contributed by atoms with Crippen molar-refractivity contribution in [3.63, 3.8) is 0 Å². The van der Waals surface area contributed by atoms with Crippen molar-refractivity contribution in [3.8, 4) is 0 Å². The predicted octanol–water partition coefficient (Wildman–Crippen LogP) is 0.738. The van der Waals surface area contributed by atoms with E-state index in [0.29, 0.717) is 6.54 Å². The molecule has 1 saturated heterocycles. The summed E-state index contributed by atoms with van der Waals surface area (Å²) in [6.45, 7) is 8.21. The second-order valence-electron chi connectivity index (χ2n) is 4.52. The van der Waals surface area contributed by atoms with Crippen LogP contribution in [0.4, 0.5) is 0 Å². The fourth-order valence-corrected chi connectivity index (χ4v) is 1.19. The van der Waals surface area contributed by atoms with E-state index in [1.165, 1.54) is 0 Å². The van der Waals surface area contributed by atoms with Gasteiger partial charge >= 0.3 is 0 Å². The first kappa shape index (κ1) is 9.23. The van der Waals surface area contributed by atoms with Crippen LogP contribution in [-0.2, 0) is 9.59 Å². The van der Waals surface area contributed by atoms with E-state index in [2.05, 4.69) is 5.32 Å². The van der Waals surface area contributed by atoms with Crippen molar-refractivity contribution in [3.05, 3.63) is 0 Å². The maximum absolute atomic E-state index is 11.5. The Morgan fingerprint density at radius 3 is 2.08 bits per heavy atom. The maximum atomic E-state index is 11.5. The Hall–Kier alpha value is -0.860. The highest BCUT2D eigenvalue weighted by Gasteiger charge is 2.49. The van der Waals surface area contributed by atoms with Crippen LogP contribution in [0.25, 0.3) is 0 Å². The summed E-state index contributed by atoms with van der Waals surface area (Å²) in [4.78, 5) is 22.5. The molecule has 0 bridgehead atoms. The highest BCUT2D eigenvalue weighted by atomic mass is 16.2. The Labute approximate surface area is 72.5 Å². The van der Waals surface area contributed by atoms with Gasteiger partial charge in [0.1, 0.15) is 0 Å². The topological polar surface area (TPSA) is 46.2 Å². The summed E-state index contributed by atoms with van der Waals surface area (Å²) < 4.78 is 0. The Balaban J connectivity index is 3.04. The minimum atomic E-state index is -0.546. The lowest BCUT2D eigenvalue weighted by Gasteiger charge is -2.43. The van der Waals surface area contributed by atoms with Gasteiger partial charge in [0.05, 0.1) is 0 Å². The van der Waals surface area contributed by atoms with E-state index < -0.39 is 11.3 Å². The van der Waals surface area contributed by atoms with Crippen LogP contribution >= 0.6 is 0 Å². The minimum Gasteiger partial charge on any atom is -0.349 e. The van der Waals surface area contributed by atoms with Crippen LogP contribution in [0.3, 0.4) is 0 Å². The Kier molecular flexibility index (Phi) is 1.78. The normalized spacial score (nSPS) is 26.7. The first-order valence-electron chi connectivity index (χ1n) is 4.12. The molecule has 1 aliphatic rings. The van der Waals surface area contributed by atoms with Crippen LogP contribution in [-0.4, -0.2) is 18.2 Å². The van der Waals surface area contributed by atoms with E-state index in [1.54, 1.807) is 0 Å². The molecule has 1 fully saturated rings. The highest BCUT2D eigenvalue weighted by molar-refractivity contribution is 6.38. The highest BCUT2D eigenvalue weighted by Crippen LogP contribution is 2.40. The van der Waals surface area contributed by atoms with E-state index in [-0.39, 0.29) is 11.2 Å². The van der Waals surface area contributed by atoms with Crippen LogP contribution in [0, 0.1) is 10.8 Å². The van der Waals surface area contributed by atoms with Crippen molar-refractivity contribution in [1.82, 2.24) is 5.32 Å². The van der Waals surface area contributed by atoms with Crippen LogP contribution < -0.4 is 5.32 Å². The summed E-state index contributed by atoms with van der Waals surface area (Å²) in [5, 5.41) is 2.59. The van der Waals surface area contributed by atoms with Crippen LogP contribution in [0.2, 0.25) is 0 Å². The van der Waals surface area contributed by atoms with Gasteiger partial charge in [-0.25, -0.2) is 0 Å². The molecule has 0 aromatic heterocycles. The summed E-state index contributed by atoms with van der Waals surface area (Å²) in [7, 11) is 0. The third-order valence-corrected chi connectivity index (χ3v) is 3.16. The van der Waals surface area contributed by atoms with Crippen LogP contribution in [0.1, 0.15) is 27.7 Å². The van der Waals surface area contributed by atoms with E-state index in [0.717, 1.165) is 0 Å². The smallest absolute Gasteiger partial charge is 0.287 e. The van der Waals surface area contributed by atoms with Crippen molar-refractivity contribution in [2.75, 3.05) is 6.54 Å². The van der Waals surface area contributed by atoms with Crippen molar-refractivity contribution in [2.24, 2.45) is 10.8 Å². The molecule has 3 nitrogen and oxygen atoms in total. The molecular formula is C9H15NO2. The van der Waals surface area contributed by atoms with Gasteiger partial charge < -0.3 is 5.32 Å². The Morgan fingerprint density at radius 1 is 1.17 bits per heavy atom. The number of carbonyl (C=O) groups excluding carboxylic acids is 2. The first-order valence-corrected chi connectivity index (χ1v) is 4.12. The molecule has 0 aromatic rings. The molecular weight excluding hydrogens is 154 g/mol. The summed E-state index contributed by atoms with van der Waals surface area (Å²) in [5.74, 6) is -0.752. The second-order valence-corrected chi connectivity index (χ2v) is 4.52. The zero-order valence-corrected chi connectivity index (χ0v) is 8.02. The molecule has 0 aromatic carbocycles. The van der Waals surface area contributed by atoms with Gasteiger partial charge in [-0.3, -0.25) is 9.59 Å². The number of piperidine rings is 1. The molecule has 0 aliphatic carbocycles. The number of rotatable bonds is 0. The van der Waals surface area contributed by atoms with Crippen LogP contribution in [0.5, 0.6) is 0 Å². The Bertz CT molecular complexity index is 241. The third kappa shape index (κ3) is 1.04. The number of amides is 1. The minimum absolute atomic E-state index is 0.155. The van der Waals surface area contributed by atoms with Gasteiger partial charge in [0, 0.05) is 12.0 Å². The largest absolute Gasteiger partial charge is 0.349 e. The number of nitrogens with one attached hydrogen (secondary N) is 1. The fourth-order valence-electron chi connectivity index (χ4n) is 1.19. The van der Waals surface area contributed by atoms with E-state index in [9.17, 15) is 9.59 Å². The van der Waals surface area contributed by atoms with Crippen LogP contribution in [0.15, 0.2) is 0 Å². The number of Topliss-reactive ketones (excluding diaryl/α,β-unsaturated/α-hetero) is 1. The number of hydrogen-bond donors (Lipinski definition) is 1. The third-order valence-electron chi connectivity index (χ3n) is 3.16. The molecule has 1 rings (SSSR count). The summed E-state index contributed by atoms with van der Waals surface area (Å²) in [6.07, 6.45) is 0. The molecule has 1 heterocycles. The second kappa shape index (κ2) is 2.31.